The number of rotatable bonds is 2. The van der Waals surface area contributed by atoms with E-state index >= 15 is 0 Å². The molecule has 0 bridgehead atoms. The van der Waals surface area contributed by atoms with Crippen molar-refractivity contribution in [2.75, 3.05) is 0 Å². The van der Waals surface area contributed by atoms with E-state index in [0.717, 1.165) is 0 Å². The molecule has 1 aromatic carbocycles. The van der Waals surface area contributed by atoms with Crippen molar-refractivity contribution in [1.29, 1.82) is 0 Å². The number of hydrogen-bond donors (Lipinski definition) is 2. The van der Waals surface area contributed by atoms with Crippen LogP contribution in [0.3, 0.4) is 0 Å². The fraction of sp³-hybridized carbons (Fsp3) is 0. The Morgan fingerprint density at radius 3 is 2.35 bits per heavy atom. The number of phenols is 2. The van der Waals surface area contributed by atoms with Gasteiger partial charge in [-0.05, 0) is 12.1 Å². The summed E-state index contributed by atoms with van der Waals surface area (Å²) in [6, 6.07) is 2.65. The van der Waals surface area contributed by atoms with Crippen LogP contribution in [0, 0.1) is 0 Å². The quantitative estimate of drug-likeness (QED) is 0.801. The molecule has 0 saturated carbocycles. The van der Waals surface area contributed by atoms with Gasteiger partial charge in [-0.1, -0.05) is 25.3 Å². The maximum atomic E-state index is 12.1. The third kappa shape index (κ3) is 1.62. The van der Waals surface area contributed by atoms with Crippen LogP contribution in [0.2, 0.25) is 0 Å². The molecule has 1 aromatic heterocycles. The molecule has 2 N–H and O–H groups in total. The van der Waals surface area contributed by atoms with Crippen molar-refractivity contribution in [3.63, 3.8) is 0 Å². The molecule has 0 aliphatic carbocycles. The zero-order valence-electron chi connectivity index (χ0n) is 8.93. The van der Waals surface area contributed by atoms with E-state index in [0.29, 0.717) is 15.1 Å². The van der Waals surface area contributed by atoms with Crippen molar-refractivity contribution in [2.24, 2.45) is 0 Å². The van der Waals surface area contributed by atoms with Gasteiger partial charge in [0.25, 0.3) is 0 Å². The van der Waals surface area contributed by atoms with Crippen molar-refractivity contribution in [1.82, 2.24) is 0 Å². The topological polar surface area (TPSA) is 57.5 Å². The molecule has 0 fully saturated rings. The SMILES string of the molecule is C=Cc1sc2c(O)ccc(O)c2c(=O)c1C=C. The average Bonchev–Trinajstić information content (AvgIpc) is 2.33. The molecular formula is C13H10O3S. The largest absolute Gasteiger partial charge is 0.507 e. The van der Waals surface area contributed by atoms with Crippen LogP contribution < -0.4 is 5.43 Å². The number of aromatic hydroxyl groups is 2. The predicted molar refractivity (Wildman–Crippen MR) is 71.6 cm³/mol. The first-order valence-electron chi connectivity index (χ1n) is 4.86. The highest BCUT2D eigenvalue weighted by atomic mass is 32.1. The number of fused-ring (bicyclic) bond motifs is 1. The van der Waals surface area contributed by atoms with Crippen LogP contribution in [0.5, 0.6) is 11.5 Å². The van der Waals surface area contributed by atoms with Crippen LogP contribution in [0.15, 0.2) is 30.1 Å². The van der Waals surface area contributed by atoms with E-state index in [-0.39, 0.29) is 22.3 Å². The minimum atomic E-state index is -0.350. The number of benzene rings is 1. The Hall–Kier alpha value is -2.07. The van der Waals surface area contributed by atoms with Gasteiger partial charge in [0.1, 0.15) is 11.5 Å². The van der Waals surface area contributed by atoms with Gasteiger partial charge in [0.15, 0.2) is 5.43 Å². The van der Waals surface area contributed by atoms with E-state index in [9.17, 15) is 15.0 Å². The van der Waals surface area contributed by atoms with Crippen molar-refractivity contribution >= 4 is 33.6 Å². The highest BCUT2D eigenvalue weighted by molar-refractivity contribution is 7.19. The van der Waals surface area contributed by atoms with Crippen LogP contribution in [-0.4, -0.2) is 10.2 Å². The Labute approximate surface area is 102 Å². The lowest BCUT2D eigenvalue weighted by molar-refractivity contribution is 0.470. The van der Waals surface area contributed by atoms with Crippen molar-refractivity contribution in [2.45, 2.75) is 0 Å². The molecule has 0 spiro atoms. The van der Waals surface area contributed by atoms with E-state index in [2.05, 4.69) is 13.2 Å². The summed E-state index contributed by atoms with van der Waals surface area (Å²) in [5.41, 5.74) is 0.0375. The first-order chi connectivity index (χ1) is 8.10. The molecule has 2 aromatic rings. The van der Waals surface area contributed by atoms with E-state index in [1.165, 1.54) is 35.6 Å². The van der Waals surface area contributed by atoms with Gasteiger partial charge < -0.3 is 10.2 Å². The summed E-state index contributed by atoms with van der Waals surface area (Å²) >= 11 is 1.19. The Kier molecular flexibility index (Phi) is 2.73. The number of hydrogen-bond acceptors (Lipinski definition) is 4. The molecule has 0 aliphatic rings. The molecule has 0 radical (unpaired) electrons. The lowest BCUT2D eigenvalue weighted by Gasteiger charge is -2.06. The summed E-state index contributed by atoms with van der Waals surface area (Å²) in [4.78, 5) is 12.8. The third-order valence-electron chi connectivity index (χ3n) is 2.45. The summed E-state index contributed by atoms with van der Waals surface area (Å²) in [7, 11) is 0. The minimum Gasteiger partial charge on any atom is -0.507 e. The second-order valence-electron chi connectivity index (χ2n) is 3.43. The molecule has 0 atom stereocenters. The average molecular weight is 246 g/mol. The zero-order valence-corrected chi connectivity index (χ0v) is 9.75. The van der Waals surface area contributed by atoms with Gasteiger partial charge in [0.05, 0.1) is 10.1 Å². The van der Waals surface area contributed by atoms with Crippen molar-refractivity contribution in [3.8, 4) is 11.5 Å². The van der Waals surface area contributed by atoms with E-state index < -0.39 is 0 Å². The molecule has 86 valence electrons. The van der Waals surface area contributed by atoms with Crippen molar-refractivity contribution in [3.05, 3.63) is 46.0 Å². The molecule has 1 heterocycles. The summed E-state index contributed by atoms with van der Waals surface area (Å²) in [5, 5.41) is 19.5. The maximum absolute atomic E-state index is 12.1. The Bertz CT molecular complexity index is 683. The normalized spacial score (nSPS) is 10.4. The van der Waals surface area contributed by atoms with E-state index in [4.69, 9.17) is 0 Å². The molecule has 0 aliphatic heterocycles. The van der Waals surface area contributed by atoms with Gasteiger partial charge >= 0.3 is 0 Å². The molecular weight excluding hydrogens is 236 g/mol. The second kappa shape index (κ2) is 4.07. The maximum Gasteiger partial charge on any atom is 0.199 e. The van der Waals surface area contributed by atoms with Gasteiger partial charge in [0.2, 0.25) is 0 Å². The van der Waals surface area contributed by atoms with Crippen molar-refractivity contribution < 1.29 is 10.2 Å². The Balaban J connectivity index is 3.11. The van der Waals surface area contributed by atoms with Crippen LogP contribution in [0.4, 0.5) is 0 Å². The molecule has 17 heavy (non-hydrogen) atoms. The highest BCUT2D eigenvalue weighted by Crippen LogP contribution is 2.35. The molecule has 0 saturated heterocycles. The summed E-state index contributed by atoms with van der Waals surface area (Å²) < 4.78 is 0.357. The Morgan fingerprint density at radius 1 is 1.12 bits per heavy atom. The van der Waals surface area contributed by atoms with Gasteiger partial charge in [-0.15, -0.1) is 11.3 Å². The molecule has 4 heteroatoms. The lowest BCUT2D eigenvalue weighted by Crippen LogP contribution is -2.06. The highest BCUT2D eigenvalue weighted by Gasteiger charge is 2.14. The lowest BCUT2D eigenvalue weighted by atomic mass is 10.1. The summed E-state index contributed by atoms with van der Waals surface area (Å²) in [6.45, 7) is 7.19. The fourth-order valence-corrected chi connectivity index (χ4v) is 2.70. The van der Waals surface area contributed by atoms with Crippen LogP contribution in [0.25, 0.3) is 22.2 Å². The van der Waals surface area contributed by atoms with Gasteiger partial charge in [-0.25, -0.2) is 0 Å². The fourth-order valence-electron chi connectivity index (χ4n) is 1.64. The van der Waals surface area contributed by atoms with Crippen LogP contribution >= 0.6 is 11.3 Å². The van der Waals surface area contributed by atoms with Crippen LogP contribution in [-0.2, 0) is 0 Å². The molecule has 2 rings (SSSR count). The monoisotopic (exact) mass is 246 g/mol. The molecule has 3 nitrogen and oxygen atoms in total. The smallest absolute Gasteiger partial charge is 0.199 e. The zero-order chi connectivity index (χ0) is 12.6. The summed E-state index contributed by atoms with van der Waals surface area (Å²) in [5.74, 6) is -0.170. The summed E-state index contributed by atoms with van der Waals surface area (Å²) in [6.07, 6.45) is 2.96. The first-order valence-corrected chi connectivity index (χ1v) is 5.68. The number of phenolic OH excluding ortho intramolecular Hbond substituents is 2. The first kappa shape index (κ1) is 11.4. The minimum absolute atomic E-state index is 0.0291. The van der Waals surface area contributed by atoms with Gasteiger partial charge in [0, 0.05) is 10.4 Å². The van der Waals surface area contributed by atoms with E-state index in [1.807, 2.05) is 0 Å². The van der Waals surface area contributed by atoms with Gasteiger partial charge in [-0.3, -0.25) is 4.79 Å². The molecule has 0 unspecified atom stereocenters. The third-order valence-corrected chi connectivity index (χ3v) is 3.68. The Morgan fingerprint density at radius 2 is 1.76 bits per heavy atom. The van der Waals surface area contributed by atoms with Gasteiger partial charge in [-0.2, -0.15) is 0 Å². The second-order valence-corrected chi connectivity index (χ2v) is 4.48. The van der Waals surface area contributed by atoms with E-state index in [1.54, 1.807) is 0 Å². The predicted octanol–water partition coefficient (Wildman–Crippen LogP) is 2.96. The van der Waals surface area contributed by atoms with Crippen LogP contribution in [0.1, 0.15) is 10.4 Å². The standard InChI is InChI=1S/C13H10O3S/c1-3-7-10(4-2)17-13-9(15)6-5-8(14)11(13)12(7)16/h3-6,14-15H,1-2H2. The molecule has 0 amide bonds.